The Balaban J connectivity index is 1.99. The molecule has 4 rings (SSSR count). The van der Waals surface area contributed by atoms with Crippen LogP contribution in [0.3, 0.4) is 0 Å². The van der Waals surface area contributed by atoms with E-state index in [4.69, 9.17) is 4.74 Å². The quantitative estimate of drug-likeness (QED) is 0.730. The second kappa shape index (κ2) is 3.68. The van der Waals surface area contributed by atoms with Gasteiger partial charge in [-0.3, -0.25) is 9.78 Å². The fourth-order valence-electron chi connectivity index (χ4n) is 2.51. The minimum Gasteiger partial charge on any atom is -0.487 e. The van der Waals surface area contributed by atoms with Crippen LogP contribution in [-0.2, 0) is 16.1 Å². The highest BCUT2D eigenvalue weighted by molar-refractivity contribution is 6.35. The van der Waals surface area contributed by atoms with Crippen LogP contribution in [0, 0.1) is 0 Å². The van der Waals surface area contributed by atoms with E-state index < -0.39 is 0 Å². The van der Waals surface area contributed by atoms with Gasteiger partial charge in [-0.25, -0.2) is 0 Å². The zero-order valence-corrected chi connectivity index (χ0v) is 10.0. The number of carbonyl (C=O) groups excluding carboxylic acids is 1. The summed E-state index contributed by atoms with van der Waals surface area (Å²) in [4.78, 5) is 16.4. The molecule has 0 saturated heterocycles. The van der Waals surface area contributed by atoms with E-state index >= 15 is 0 Å². The minimum absolute atomic E-state index is 0.152. The molecule has 0 fully saturated rings. The van der Waals surface area contributed by atoms with Crippen molar-refractivity contribution in [1.82, 2.24) is 4.98 Å². The van der Waals surface area contributed by atoms with Gasteiger partial charge in [0.15, 0.2) is 0 Å². The molecule has 3 heterocycles. The van der Waals surface area contributed by atoms with Gasteiger partial charge in [0.25, 0.3) is 5.91 Å². The Morgan fingerprint density at radius 1 is 1.16 bits per heavy atom. The third-order valence-electron chi connectivity index (χ3n) is 3.38. The molecule has 0 spiro atoms. The average molecular weight is 250 g/mol. The molecule has 1 N–H and O–H groups in total. The molecule has 0 saturated carbocycles. The Labute approximate surface area is 109 Å². The van der Waals surface area contributed by atoms with Crippen LogP contribution in [0.4, 0.5) is 5.69 Å². The first kappa shape index (κ1) is 10.3. The Hall–Kier alpha value is -2.62. The molecule has 0 atom stereocenters. The molecule has 19 heavy (non-hydrogen) atoms. The van der Waals surface area contributed by atoms with Gasteiger partial charge in [-0.05, 0) is 12.1 Å². The van der Waals surface area contributed by atoms with Crippen LogP contribution in [0.15, 0.2) is 42.6 Å². The molecular formula is C15H10N2O2. The first-order valence-corrected chi connectivity index (χ1v) is 6.06. The largest absolute Gasteiger partial charge is 0.487 e. The summed E-state index contributed by atoms with van der Waals surface area (Å²) in [6.45, 7) is 0.504. The molecular weight excluding hydrogens is 240 g/mol. The first-order chi connectivity index (χ1) is 9.34. The second-order valence-electron chi connectivity index (χ2n) is 4.50. The fraction of sp³-hybridized carbons (Fsp3) is 0.0667. The second-order valence-corrected chi connectivity index (χ2v) is 4.50. The lowest BCUT2D eigenvalue weighted by atomic mass is 10.0. The lowest BCUT2D eigenvalue weighted by molar-refractivity contribution is -0.110. The van der Waals surface area contributed by atoms with Crippen LogP contribution in [0.5, 0.6) is 0 Å². The number of pyridine rings is 1. The zero-order chi connectivity index (χ0) is 12.8. The number of hydrogen-bond donors (Lipinski definition) is 1. The van der Waals surface area contributed by atoms with E-state index in [-0.39, 0.29) is 5.91 Å². The topological polar surface area (TPSA) is 51.2 Å². The van der Waals surface area contributed by atoms with E-state index in [1.54, 1.807) is 12.3 Å². The maximum Gasteiger partial charge on any atom is 0.261 e. The van der Waals surface area contributed by atoms with E-state index in [1.807, 2.05) is 30.3 Å². The van der Waals surface area contributed by atoms with Crippen molar-refractivity contribution in [1.29, 1.82) is 0 Å². The molecule has 0 unspecified atom stereocenters. The van der Waals surface area contributed by atoms with Gasteiger partial charge in [0.05, 0.1) is 5.69 Å². The van der Waals surface area contributed by atoms with Crippen LogP contribution in [-0.4, -0.2) is 10.9 Å². The van der Waals surface area contributed by atoms with Crippen LogP contribution in [0.1, 0.15) is 16.8 Å². The molecule has 1 amide bonds. The summed E-state index contributed by atoms with van der Waals surface area (Å²) in [6, 6.07) is 11.5. The monoisotopic (exact) mass is 250 g/mol. The third-order valence-corrected chi connectivity index (χ3v) is 3.38. The smallest absolute Gasteiger partial charge is 0.261 e. The summed E-state index contributed by atoms with van der Waals surface area (Å²) in [5.74, 6) is 0.478. The van der Waals surface area contributed by atoms with Gasteiger partial charge in [-0.15, -0.1) is 0 Å². The number of rotatable bonds is 0. The summed E-state index contributed by atoms with van der Waals surface area (Å²) in [5.41, 5.74) is 4.01. The predicted octanol–water partition coefficient (Wildman–Crippen LogP) is 2.43. The fourth-order valence-corrected chi connectivity index (χ4v) is 2.51. The molecule has 0 radical (unpaired) electrons. The Bertz CT molecular complexity index is 734. The van der Waals surface area contributed by atoms with Crippen molar-refractivity contribution in [2.45, 2.75) is 6.61 Å². The van der Waals surface area contributed by atoms with Gasteiger partial charge in [0, 0.05) is 17.3 Å². The number of nitrogens with zero attached hydrogens (tertiary/aromatic N) is 1. The van der Waals surface area contributed by atoms with Crippen molar-refractivity contribution >= 4 is 22.9 Å². The molecule has 4 heteroatoms. The molecule has 4 nitrogen and oxygen atoms in total. The van der Waals surface area contributed by atoms with E-state index in [2.05, 4.69) is 10.3 Å². The summed E-state index contributed by atoms with van der Waals surface area (Å²) >= 11 is 0. The molecule has 2 aromatic rings. The van der Waals surface area contributed by atoms with Crippen molar-refractivity contribution in [3.8, 4) is 0 Å². The molecule has 1 aromatic heterocycles. The van der Waals surface area contributed by atoms with Gasteiger partial charge in [-0.1, -0.05) is 24.3 Å². The van der Waals surface area contributed by atoms with Gasteiger partial charge in [0.1, 0.15) is 23.6 Å². The van der Waals surface area contributed by atoms with E-state index in [9.17, 15) is 4.79 Å². The van der Waals surface area contributed by atoms with Gasteiger partial charge in [0.2, 0.25) is 0 Å². The number of aromatic nitrogens is 1. The van der Waals surface area contributed by atoms with Gasteiger partial charge in [-0.2, -0.15) is 0 Å². The molecule has 0 bridgehead atoms. The lowest BCUT2D eigenvalue weighted by Gasteiger charge is -2.03. The first-order valence-electron chi connectivity index (χ1n) is 6.06. The molecule has 2 aliphatic heterocycles. The highest BCUT2D eigenvalue weighted by atomic mass is 16.5. The summed E-state index contributed by atoms with van der Waals surface area (Å²) < 4.78 is 5.71. The molecule has 92 valence electrons. The third kappa shape index (κ3) is 1.40. The average Bonchev–Trinajstić information content (AvgIpc) is 2.98. The standard InChI is InChI=1S/C15H10N2O2/c18-15-12(13-11(17-15)6-3-7-16-13)14-10-5-2-1-4-9(10)8-19-14/h1-7H,8H2,(H,17,18)/b14-12+. The molecule has 2 aliphatic rings. The van der Waals surface area contributed by atoms with Crippen LogP contribution in [0.2, 0.25) is 0 Å². The summed E-state index contributed by atoms with van der Waals surface area (Å²) in [5, 5.41) is 2.82. The Kier molecular flexibility index (Phi) is 2.00. The van der Waals surface area contributed by atoms with E-state index in [0.29, 0.717) is 23.6 Å². The number of anilines is 1. The van der Waals surface area contributed by atoms with Crippen molar-refractivity contribution < 1.29 is 9.53 Å². The number of benzene rings is 1. The molecule has 0 aliphatic carbocycles. The molecule has 1 aromatic carbocycles. The van der Waals surface area contributed by atoms with Crippen molar-refractivity contribution in [3.63, 3.8) is 0 Å². The normalized spacial score (nSPS) is 19.7. The van der Waals surface area contributed by atoms with Gasteiger partial charge < -0.3 is 10.1 Å². The van der Waals surface area contributed by atoms with Crippen molar-refractivity contribution in [2.24, 2.45) is 0 Å². The van der Waals surface area contributed by atoms with Crippen molar-refractivity contribution in [2.75, 3.05) is 5.32 Å². The maximum absolute atomic E-state index is 12.1. The zero-order valence-electron chi connectivity index (χ0n) is 10.0. The SMILES string of the molecule is O=C1Nc2cccnc2/C1=C1\OCc2ccccc21. The van der Waals surface area contributed by atoms with E-state index in [1.165, 1.54) is 0 Å². The summed E-state index contributed by atoms with van der Waals surface area (Å²) in [7, 11) is 0. The number of ether oxygens (including phenoxy) is 1. The number of fused-ring (bicyclic) bond motifs is 2. The number of hydrogen-bond acceptors (Lipinski definition) is 3. The van der Waals surface area contributed by atoms with Crippen LogP contribution >= 0.6 is 0 Å². The Morgan fingerprint density at radius 3 is 3.00 bits per heavy atom. The maximum atomic E-state index is 12.1. The predicted molar refractivity (Wildman–Crippen MR) is 70.9 cm³/mol. The lowest BCUT2D eigenvalue weighted by Crippen LogP contribution is -2.05. The highest BCUT2D eigenvalue weighted by Gasteiger charge is 2.33. The summed E-state index contributed by atoms with van der Waals surface area (Å²) in [6.07, 6.45) is 1.68. The van der Waals surface area contributed by atoms with E-state index in [0.717, 1.165) is 16.8 Å². The number of nitrogens with one attached hydrogen (secondary N) is 1. The number of amides is 1. The van der Waals surface area contributed by atoms with Crippen LogP contribution < -0.4 is 5.32 Å². The minimum atomic E-state index is -0.152. The van der Waals surface area contributed by atoms with Crippen molar-refractivity contribution in [3.05, 3.63) is 59.4 Å². The van der Waals surface area contributed by atoms with Gasteiger partial charge >= 0.3 is 0 Å². The Morgan fingerprint density at radius 2 is 2.05 bits per heavy atom. The number of carbonyl (C=O) groups is 1. The van der Waals surface area contributed by atoms with Crippen LogP contribution in [0.25, 0.3) is 11.3 Å². The highest BCUT2D eigenvalue weighted by Crippen LogP contribution is 2.40.